The first-order chi connectivity index (χ1) is 14.5. The van der Waals surface area contributed by atoms with Crippen molar-refractivity contribution in [3.63, 3.8) is 0 Å². The fourth-order valence-electron chi connectivity index (χ4n) is 4.34. The van der Waals surface area contributed by atoms with E-state index < -0.39 is 17.5 Å². The SMILES string of the molecule is O=C(c1cccc(F)c1F)N1CCC(C(=O)N2CCCCc3cc(Cl)ccc32)CC1. The maximum Gasteiger partial charge on any atom is 0.256 e. The zero-order chi connectivity index (χ0) is 21.3. The van der Waals surface area contributed by atoms with Crippen LogP contribution in [-0.4, -0.2) is 36.3 Å². The van der Waals surface area contributed by atoms with Crippen LogP contribution in [0.5, 0.6) is 0 Å². The summed E-state index contributed by atoms with van der Waals surface area (Å²) in [5, 5.41) is 0.666. The molecule has 1 fully saturated rings. The number of benzene rings is 2. The van der Waals surface area contributed by atoms with Crippen LogP contribution in [0.2, 0.25) is 5.02 Å². The number of nitrogens with zero attached hydrogens (tertiary/aromatic N) is 2. The lowest BCUT2D eigenvalue weighted by Crippen LogP contribution is -2.45. The van der Waals surface area contributed by atoms with E-state index in [2.05, 4.69) is 0 Å². The number of likely N-dealkylation sites (tertiary alicyclic amines) is 1. The van der Waals surface area contributed by atoms with Gasteiger partial charge >= 0.3 is 0 Å². The molecule has 2 aromatic carbocycles. The Morgan fingerprint density at radius 1 is 1.00 bits per heavy atom. The minimum absolute atomic E-state index is 0.0597. The number of anilines is 1. The molecule has 0 spiro atoms. The molecule has 0 unspecified atom stereocenters. The summed E-state index contributed by atoms with van der Waals surface area (Å²) in [5.41, 5.74) is 1.74. The molecule has 0 saturated carbocycles. The highest BCUT2D eigenvalue weighted by Crippen LogP contribution is 2.32. The van der Waals surface area contributed by atoms with Crippen molar-refractivity contribution in [3.05, 3.63) is 64.2 Å². The molecule has 30 heavy (non-hydrogen) atoms. The summed E-state index contributed by atoms with van der Waals surface area (Å²) >= 11 is 6.13. The molecular formula is C23H23ClF2N2O2. The lowest BCUT2D eigenvalue weighted by atomic mass is 9.94. The Kier molecular flexibility index (Phi) is 6.04. The van der Waals surface area contributed by atoms with Crippen molar-refractivity contribution < 1.29 is 18.4 Å². The molecule has 2 aromatic rings. The number of piperidine rings is 1. The summed E-state index contributed by atoms with van der Waals surface area (Å²) in [6.45, 7) is 1.35. The van der Waals surface area contributed by atoms with E-state index in [0.717, 1.165) is 36.6 Å². The first-order valence-corrected chi connectivity index (χ1v) is 10.7. The van der Waals surface area contributed by atoms with Crippen molar-refractivity contribution in [2.75, 3.05) is 24.5 Å². The number of hydrogen-bond donors (Lipinski definition) is 0. The highest BCUT2D eigenvalue weighted by atomic mass is 35.5. The fraction of sp³-hybridized carbons (Fsp3) is 0.391. The molecular weight excluding hydrogens is 410 g/mol. The largest absolute Gasteiger partial charge is 0.339 e. The third-order valence-corrected chi connectivity index (χ3v) is 6.22. The quantitative estimate of drug-likeness (QED) is 0.681. The average molecular weight is 433 g/mol. The second-order valence-corrected chi connectivity index (χ2v) is 8.32. The van der Waals surface area contributed by atoms with Gasteiger partial charge in [-0.2, -0.15) is 0 Å². The van der Waals surface area contributed by atoms with E-state index in [1.807, 2.05) is 17.0 Å². The van der Waals surface area contributed by atoms with Crippen LogP contribution in [0.1, 0.15) is 41.6 Å². The Labute approximate surface area is 179 Å². The van der Waals surface area contributed by atoms with Crippen LogP contribution in [0.25, 0.3) is 0 Å². The van der Waals surface area contributed by atoms with Gasteiger partial charge in [0.05, 0.1) is 5.56 Å². The van der Waals surface area contributed by atoms with Crippen molar-refractivity contribution in [1.29, 1.82) is 0 Å². The van der Waals surface area contributed by atoms with Gasteiger partial charge in [0.25, 0.3) is 5.91 Å². The Balaban J connectivity index is 1.45. The number of hydrogen-bond acceptors (Lipinski definition) is 2. The molecule has 7 heteroatoms. The van der Waals surface area contributed by atoms with Gasteiger partial charge in [-0.25, -0.2) is 8.78 Å². The molecule has 1 saturated heterocycles. The van der Waals surface area contributed by atoms with E-state index in [-0.39, 0.29) is 17.4 Å². The monoisotopic (exact) mass is 432 g/mol. The van der Waals surface area contributed by atoms with Crippen LogP contribution in [0.3, 0.4) is 0 Å². The maximum absolute atomic E-state index is 14.0. The molecule has 4 nitrogen and oxygen atoms in total. The molecule has 2 aliphatic heterocycles. The van der Waals surface area contributed by atoms with Gasteiger partial charge in [0.15, 0.2) is 11.6 Å². The van der Waals surface area contributed by atoms with Gasteiger partial charge in [-0.3, -0.25) is 9.59 Å². The normalized spacial score (nSPS) is 17.4. The van der Waals surface area contributed by atoms with E-state index in [1.165, 1.54) is 17.0 Å². The minimum Gasteiger partial charge on any atom is -0.339 e. The van der Waals surface area contributed by atoms with E-state index in [9.17, 15) is 18.4 Å². The van der Waals surface area contributed by atoms with Crippen LogP contribution in [0, 0.1) is 17.6 Å². The van der Waals surface area contributed by atoms with Crippen LogP contribution >= 0.6 is 11.6 Å². The Morgan fingerprint density at radius 2 is 1.77 bits per heavy atom. The molecule has 2 heterocycles. The minimum atomic E-state index is -1.12. The van der Waals surface area contributed by atoms with Crippen LogP contribution in [0.15, 0.2) is 36.4 Å². The summed E-state index contributed by atoms with van der Waals surface area (Å²) in [7, 11) is 0. The van der Waals surface area contributed by atoms with Gasteiger partial charge in [0.2, 0.25) is 5.91 Å². The maximum atomic E-state index is 14.0. The molecule has 0 radical (unpaired) electrons. The lowest BCUT2D eigenvalue weighted by molar-refractivity contribution is -0.123. The van der Waals surface area contributed by atoms with Crippen molar-refractivity contribution in [1.82, 2.24) is 4.90 Å². The zero-order valence-corrected chi connectivity index (χ0v) is 17.3. The second-order valence-electron chi connectivity index (χ2n) is 7.89. The summed E-state index contributed by atoms with van der Waals surface area (Å²) in [6.07, 6.45) is 3.82. The summed E-state index contributed by atoms with van der Waals surface area (Å²) in [4.78, 5) is 29.2. The van der Waals surface area contributed by atoms with Crippen molar-refractivity contribution in [2.24, 2.45) is 5.92 Å². The van der Waals surface area contributed by atoms with Crippen LogP contribution in [-0.2, 0) is 11.2 Å². The van der Waals surface area contributed by atoms with E-state index in [1.54, 1.807) is 6.07 Å². The van der Waals surface area contributed by atoms with E-state index in [0.29, 0.717) is 37.5 Å². The smallest absolute Gasteiger partial charge is 0.256 e. The standard InChI is InChI=1S/C23H23ClF2N2O2/c24-17-7-8-20-16(14-17)4-1-2-11-28(20)22(29)15-9-12-27(13-10-15)23(30)18-5-3-6-19(25)21(18)26/h3,5-8,14-15H,1-2,4,9-13H2. The first-order valence-electron chi connectivity index (χ1n) is 10.3. The Morgan fingerprint density at radius 3 is 2.53 bits per heavy atom. The van der Waals surface area contributed by atoms with Gasteiger partial charge < -0.3 is 9.80 Å². The molecule has 0 bridgehead atoms. The number of carbonyl (C=O) groups excluding carboxylic acids is 2. The molecule has 158 valence electrons. The van der Waals surface area contributed by atoms with Crippen molar-refractivity contribution >= 4 is 29.1 Å². The molecule has 0 aromatic heterocycles. The van der Waals surface area contributed by atoms with Gasteiger partial charge in [-0.15, -0.1) is 0 Å². The number of fused-ring (bicyclic) bond motifs is 1. The topological polar surface area (TPSA) is 40.6 Å². The van der Waals surface area contributed by atoms with Crippen LogP contribution < -0.4 is 4.90 Å². The summed E-state index contributed by atoms with van der Waals surface area (Å²) < 4.78 is 27.4. The number of amides is 2. The lowest BCUT2D eigenvalue weighted by Gasteiger charge is -2.34. The second kappa shape index (κ2) is 8.72. The Bertz CT molecular complexity index is 974. The summed E-state index contributed by atoms with van der Waals surface area (Å²) in [5.74, 6) is -2.84. The number of carbonyl (C=O) groups is 2. The van der Waals surface area contributed by atoms with Gasteiger partial charge in [0.1, 0.15) is 0 Å². The van der Waals surface area contributed by atoms with E-state index in [4.69, 9.17) is 11.6 Å². The fourth-order valence-corrected chi connectivity index (χ4v) is 4.54. The molecule has 0 atom stereocenters. The predicted octanol–water partition coefficient (Wildman–Crippen LogP) is 4.84. The Hall–Kier alpha value is -2.47. The average Bonchev–Trinajstić information content (AvgIpc) is 2.96. The van der Waals surface area contributed by atoms with Crippen LogP contribution in [0.4, 0.5) is 14.5 Å². The third kappa shape index (κ3) is 4.06. The molecule has 2 aliphatic rings. The van der Waals surface area contributed by atoms with Gasteiger partial charge in [-0.05, 0) is 68.0 Å². The molecule has 0 aliphatic carbocycles. The van der Waals surface area contributed by atoms with Crippen molar-refractivity contribution in [2.45, 2.75) is 32.1 Å². The summed E-state index contributed by atoms with van der Waals surface area (Å²) in [6, 6.07) is 9.25. The number of aryl methyl sites for hydroxylation is 1. The van der Waals surface area contributed by atoms with Gasteiger partial charge in [0, 0.05) is 36.3 Å². The molecule has 2 amide bonds. The highest BCUT2D eigenvalue weighted by molar-refractivity contribution is 6.30. The van der Waals surface area contributed by atoms with Crippen molar-refractivity contribution in [3.8, 4) is 0 Å². The zero-order valence-electron chi connectivity index (χ0n) is 16.5. The predicted molar refractivity (Wildman–Crippen MR) is 112 cm³/mol. The molecule has 4 rings (SSSR count). The third-order valence-electron chi connectivity index (χ3n) is 5.99. The molecule has 0 N–H and O–H groups in total. The van der Waals surface area contributed by atoms with Gasteiger partial charge in [-0.1, -0.05) is 17.7 Å². The number of halogens is 3. The highest BCUT2D eigenvalue weighted by Gasteiger charge is 2.33. The first kappa shape index (κ1) is 20.8. The van der Waals surface area contributed by atoms with E-state index >= 15 is 0 Å². The number of rotatable bonds is 2.